The third-order valence-electron chi connectivity index (χ3n) is 2.77. The summed E-state index contributed by atoms with van der Waals surface area (Å²) in [7, 11) is 0. The van der Waals surface area contributed by atoms with E-state index in [1.807, 2.05) is 60.7 Å². The number of ether oxygens (including phenoxy) is 2. The van der Waals surface area contributed by atoms with E-state index in [0.717, 1.165) is 11.1 Å². The van der Waals surface area contributed by atoms with Gasteiger partial charge in [-0.1, -0.05) is 60.7 Å². The molecule has 0 fully saturated rings. The van der Waals surface area contributed by atoms with Crippen LogP contribution in [0.25, 0.3) is 0 Å². The lowest BCUT2D eigenvalue weighted by molar-refractivity contribution is -0.259. The van der Waals surface area contributed by atoms with Crippen LogP contribution in [0.1, 0.15) is 11.1 Å². The Bertz CT molecular complexity index is 439. The highest BCUT2D eigenvalue weighted by atomic mass is 16.7. The molecule has 2 atom stereocenters. The third kappa shape index (κ3) is 4.75. The summed E-state index contributed by atoms with van der Waals surface area (Å²) in [6.45, 7) is 0.432. The van der Waals surface area contributed by atoms with Crippen LogP contribution in [-0.4, -0.2) is 22.8 Å². The molecule has 2 unspecified atom stereocenters. The maximum Gasteiger partial charge on any atom is 0.207 e. The summed E-state index contributed by atoms with van der Waals surface area (Å²) in [6, 6.07) is 18.8. The molecule has 0 aliphatic heterocycles. The minimum atomic E-state index is -1.38. The molecular weight excluding hydrogens is 256 g/mol. The maximum absolute atomic E-state index is 9.66. The summed E-state index contributed by atoms with van der Waals surface area (Å²) in [5, 5.41) is 19.3. The van der Waals surface area contributed by atoms with E-state index >= 15 is 0 Å². The molecule has 0 aromatic heterocycles. The van der Waals surface area contributed by atoms with Crippen LogP contribution in [-0.2, 0) is 22.7 Å². The molecule has 0 radical (unpaired) electrons. The average Bonchev–Trinajstić information content (AvgIpc) is 2.52. The second-order valence-electron chi connectivity index (χ2n) is 4.37. The smallest absolute Gasteiger partial charge is 0.207 e. The van der Waals surface area contributed by atoms with Crippen molar-refractivity contribution in [3.05, 3.63) is 71.8 Å². The number of benzene rings is 2. The van der Waals surface area contributed by atoms with Crippen molar-refractivity contribution < 1.29 is 19.7 Å². The lowest BCUT2D eigenvalue weighted by Crippen LogP contribution is -2.31. The van der Waals surface area contributed by atoms with E-state index in [0.29, 0.717) is 0 Å². The van der Waals surface area contributed by atoms with Crippen LogP contribution in [0, 0.1) is 0 Å². The molecule has 0 saturated carbocycles. The standard InChI is InChI=1S/C16H18O4/c17-15(19-11-13-7-3-1-4-8-13)16(18)20-12-14-9-5-2-6-10-14/h1-10,15-18H,11-12H2. The summed E-state index contributed by atoms with van der Waals surface area (Å²) in [4.78, 5) is 0. The van der Waals surface area contributed by atoms with Crippen molar-refractivity contribution in [1.29, 1.82) is 0 Å². The number of aliphatic hydroxyl groups excluding tert-OH is 2. The molecule has 0 spiro atoms. The summed E-state index contributed by atoms with van der Waals surface area (Å²) >= 11 is 0. The van der Waals surface area contributed by atoms with E-state index in [9.17, 15) is 10.2 Å². The Balaban J connectivity index is 1.73. The van der Waals surface area contributed by atoms with Crippen molar-refractivity contribution in [3.63, 3.8) is 0 Å². The van der Waals surface area contributed by atoms with Crippen molar-refractivity contribution in [3.8, 4) is 0 Å². The molecule has 4 nitrogen and oxygen atoms in total. The summed E-state index contributed by atoms with van der Waals surface area (Å²) in [5.74, 6) is 0. The van der Waals surface area contributed by atoms with Gasteiger partial charge < -0.3 is 19.7 Å². The van der Waals surface area contributed by atoms with Gasteiger partial charge in [0.05, 0.1) is 13.2 Å². The van der Waals surface area contributed by atoms with Crippen LogP contribution in [0.15, 0.2) is 60.7 Å². The fourth-order valence-corrected chi connectivity index (χ4v) is 1.68. The van der Waals surface area contributed by atoms with Crippen LogP contribution in [0.4, 0.5) is 0 Å². The predicted octanol–water partition coefficient (Wildman–Crippen LogP) is 2.06. The van der Waals surface area contributed by atoms with Gasteiger partial charge in [0.25, 0.3) is 0 Å². The molecular formula is C16H18O4. The molecule has 106 valence electrons. The van der Waals surface area contributed by atoms with Gasteiger partial charge in [-0.15, -0.1) is 0 Å². The highest BCUT2D eigenvalue weighted by molar-refractivity contribution is 5.14. The quantitative estimate of drug-likeness (QED) is 0.759. The van der Waals surface area contributed by atoms with Gasteiger partial charge >= 0.3 is 0 Å². The van der Waals surface area contributed by atoms with E-state index in [-0.39, 0.29) is 13.2 Å². The van der Waals surface area contributed by atoms with Gasteiger partial charge in [0, 0.05) is 0 Å². The van der Waals surface area contributed by atoms with Crippen molar-refractivity contribution in [2.24, 2.45) is 0 Å². The Morgan fingerprint density at radius 3 is 1.35 bits per heavy atom. The topological polar surface area (TPSA) is 58.9 Å². The Morgan fingerprint density at radius 2 is 1.00 bits per heavy atom. The molecule has 4 heteroatoms. The van der Waals surface area contributed by atoms with Gasteiger partial charge in [0.15, 0.2) is 0 Å². The van der Waals surface area contributed by atoms with Gasteiger partial charge in [0.1, 0.15) is 0 Å². The molecule has 0 aliphatic carbocycles. The van der Waals surface area contributed by atoms with Gasteiger partial charge in [0.2, 0.25) is 12.6 Å². The first-order valence-electron chi connectivity index (χ1n) is 6.43. The second-order valence-corrected chi connectivity index (χ2v) is 4.37. The lowest BCUT2D eigenvalue weighted by atomic mass is 10.2. The van der Waals surface area contributed by atoms with Crippen molar-refractivity contribution in [1.82, 2.24) is 0 Å². The van der Waals surface area contributed by atoms with Gasteiger partial charge in [-0.25, -0.2) is 0 Å². The normalized spacial score (nSPS) is 13.9. The number of rotatable bonds is 7. The second kappa shape index (κ2) is 7.77. The van der Waals surface area contributed by atoms with Crippen LogP contribution >= 0.6 is 0 Å². The Morgan fingerprint density at radius 1 is 0.650 bits per heavy atom. The molecule has 0 saturated heterocycles. The monoisotopic (exact) mass is 274 g/mol. The minimum absolute atomic E-state index is 0.216. The number of hydrogen-bond donors (Lipinski definition) is 2. The van der Waals surface area contributed by atoms with Gasteiger partial charge in [-0.3, -0.25) is 0 Å². The summed E-state index contributed by atoms with van der Waals surface area (Å²) in [5.41, 5.74) is 1.84. The van der Waals surface area contributed by atoms with E-state index in [2.05, 4.69) is 0 Å². The van der Waals surface area contributed by atoms with E-state index in [1.165, 1.54) is 0 Å². The lowest BCUT2D eigenvalue weighted by Gasteiger charge is -2.18. The maximum atomic E-state index is 9.66. The molecule has 2 N–H and O–H groups in total. The first-order chi connectivity index (χ1) is 9.75. The van der Waals surface area contributed by atoms with Crippen LogP contribution in [0.3, 0.4) is 0 Å². The molecule has 0 amide bonds. The van der Waals surface area contributed by atoms with Crippen LogP contribution in [0.5, 0.6) is 0 Å². The zero-order valence-corrected chi connectivity index (χ0v) is 11.1. The van der Waals surface area contributed by atoms with Crippen molar-refractivity contribution >= 4 is 0 Å². The average molecular weight is 274 g/mol. The van der Waals surface area contributed by atoms with Crippen LogP contribution in [0.2, 0.25) is 0 Å². The fourth-order valence-electron chi connectivity index (χ4n) is 1.68. The molecule has 20 heavy (non-hydrogen) atoms. The SMILES string of the molecule is OC(OCc1ccccc1)C(O)OCc1ccccc1. The highest BCUT2D eigenvalue weighted by Gasteiger charge is 2.17. The predicted molar refractivity (Wildman–Crippen MR) is 74.5 cm³/mol. The summed E-state index contributed by atoms with van der Waals surface area (Å²) < 4.78 is 10.3. The zero-order valence-electron chi connectivity index (χ0n) is 11.1. The van der Waals surface area contributed by atoms with Crippen molar-refractivity contribution in [2.75, 3.05) is 0 Å². The zero-order chi connectivity index (χ0) is 14.2. The highest BCUT2D eigenvalue weighted by Crippen LogP contribution is 2.08. The Hall–Kier alpha value is -1.72. The number of hydrogen-bond acceptors (Lipinski definition) is 4. The van der Waals surface area contributed by atoms with E-state index in [1.54, 1.807) is 0 Å². The van der Waals surface area contributed by atoms with Crippen LogP contribution < -0.4 is 0 Å². The molecule has 2 aromatic rings. The third-order valence-corrected chi connectivity index (χ3v) is 2.77. The first-order valence-corrected chi connectivity index (χ1v) is 6.43. The molecule has 2 rings (SSSR count). The van der Waals surface area contributed by atoms with Crippen molar-refractivity contribution in [2.45, 2.75) is 25.8 Å². The minimum Gasteiger partial charge on any atom is -0.364 e. The van der Waals surface area contributed by atoms with Gasteiger partial charge in [-0.2, -0.15) is 0 Å². The van der Waals surface area contributed by atoms with E-state index in [4.69, 9.17) is 9.47 Å². The fraction of sp³-hybridized carbons (Fsp3) is 0.250. The molecule has 2 aromatic carbocycles. The Kier molecular flexibility index (Phi) is 5.70. The largest absolute Gasteiger partial charge is 0.364 e. The first kappa shape index (κ1) is 14.7. The number of aliphatic hydroxyl groups is 2. The molecule has 0 bridgehead atoms. The summed E-state index contributed by atoms with van der Waals surface area (Å²) in [6.07, 6.45) is -2.75. The molecule has 0 aliphatic rings. The Labute approximate surface area is 118 Å². The van der Waals surface area contributed by atoms with Gasteiger partial charge in [-0.05, 0) is 11.1 Å². The molecule has 0 heterocycles. The van der Waals surface area contributed by atoms with E-state index < -0.39 is 12.6 Å².